The van der Waals surface area contributed by atoms with E-state index in [2.05, 4.69) is 13.8 Å². The van der Waals surface area contributed by atoms with Crippen LogP contribution in [0.5, 0.6) is 0 Å². The third-order valence-corrected chi connectivity index (χ3v) is 6.92. The van der Waals surface area contributed by atoms with E-state index in [1.165, 1.54) is 0 Å². The molecule has 10 heteroatoms. The Kier molecular flexibility index (Phi) is 7.09. The van der Waals surface area contributed by atoms with Crippen molar-refractivity contribution in [3.05, 3.63) is 0 Å². The lowest BCUT2D eigenvalue weighted by Gasteiger charge is -2.51. The Bertz CT molecular complexity index is 585. The molecule has 0 aromatic rings. The van der Waals surface area contributed by atoms with Gasteiger partial charge in [0.25, 0.3) is 0 Å². The van der Waals surface area contributed by atoms with Crippen molar-refractivity contribution in [1.82, 2.24) is 0 Å². The second kappa shape index (κ2) is 9.52. The third-order valence-electron chi connectivity index (χ3n) is 6.92. The van der Waals surface area contributed by atoms with Gasteiger partial charge in [-0.1, -0.05) is 13.8 Å². The van der Waals surface area contributed by atoms with E-state index in [4.69, 9.17) is 37.9 Å². The molecule has 182 valence electrons. The van der Waals surface area contributed by atoms with E-state index < -0.39 is 11.9 Å². The van der Waals surface area contributed by atoms with Crippen molar-refractivity contribution in [1.29, 1.82) is 0 Å². The molecule has 0 aromatic heterocycles. The smallest absolute Gasteiger partial charge is 0.319 e. The van der Waals surface area contributed by atoms with E-state index in [0.717, 1.165) is 12.8 Å². The molecule has 6 rings (SSSR count). The molecule has 0 amide bonds. The average molecular weight is 459 g/mol. The summed E-state index contributed by atoms with van der Waals surface area (Å²) >= 11 is 0. The van der Waals surface area contributed by atoms with E-state index in [1.807, 2.05) is 0 Å². The zero-order valence-corrected chi connectivity index (χ0v) is 19.0. The van der Waals surface area contributed by atoms with Gasteiger partial charge in [0, 0.05) is 23.7 Å². The summed E-state index contributed by atoms with van der Waals surface area (Å²) in [6, 6.07) is 0. The van der Waals surface area contributed by atoms with Gasteiger partial charge < -0.3 is 37.9 Å². The predicted octanol–water partition coefficient (Wildman–Crippen LogP) is 1.89. The van der Waals surface area contributed by atoms with Crippen LogP contribution in [0.15, 0.2) is 0 Å². The number of hydrogen-bond acceptors (Lipinski definition) is 10. The minimum Gasteiger partial charge on any atom is -0.457 e. The number of unbranched alkanes of at least 4 members (excludes halogenated alkanes) is 1. The van der Waals surface area contributed by atoms with Crippen molar-refractivity contribution in [2.24, 2.45) is 10.8 Å². The number of rotatable bonds is 11. The third kappa shape index (κ3) is 5.10. The summed E-state index contributed by atoms with van der Waals surface area (Å²) < 4.78 is 44.5. The molecule has 32 heavy (non-hydrogen) atoms. The van der Waals surface area contributed by atoms with Gasteiger partial charge in [-0.05, 0) is 25.7 Å². The molecular formula is C22H34O10. The lowest BCUT2D eigenvalue weighted by molar-refractivity contribution is -0.474. The fourth-order valence-corrected chi connectivity index (χ4v) is 3.96. The van der Waals surface area contributed by atoms with Crippen LogP contribution < -0.4 is 0 Å². The summed E-state index contributed by atoms with van der Waals surface area (Å²) in [4.78, 5) is 24.1. The standard InChI is InChI=1S/C22H34O10/c1-3-19-9-27-21(28-10-19,29-11-19)15-25-17(23)7-5-6-8-18(24)26-16-22-30-12-20(4-2,13-31-22)14-32-22/h3-16H2,1-2H3. The Hall–Kier alpha value is -1.30. The zero-order valence-electron chi connectivity index (χ0n) is 19.0. The predicted molar refractivity (Wildman–Crippen MR) is 107 cm³/mol. The SMILES string of the molecule is CCC12COC(COC(=O)CCCCC(=O)OCC34OCC(CC)(CO3)CO4)(OC1)OC2. The van der Waals surface area contributed by atoms with Crippen molar-refractivity contribution in [3.63, 3.8) is 0 Å². The van der Waals surface area contributed by atoms with Crippen LogP contribution in [0.4, 0.5) is 0 Å². The van der Waals surface area contributed by atoms with Gasteiger partial charge in [-0.3, -0.25) is 9.59 Å². The van der Waals surface area contributed by atoms with Crippen LogP contribution in [0.3, 0.4) is 0 Å². The van der Waals surface area contributed by atoms with Crippen LogP contribution in [0.25, 0.3) is 0 Å². The minimum atomic E-state index is -1.28. The van der Waals surface area contributed by atoms with Crippen LogP contribution in [0, 0.1) is 10.8 Å². The Balaban J connectivity index is 1.07. The first-order valence-corrected chi connectivity index (χ1v) is 11.5. The van der Waals surface area contributed by atoms with E-state index in [1.54, 1.807) is 0 Å². The largest absolute Gasteiger partial charge is 0.457 e. The maximum atomic E-state index is 12.0. The highest BCUT2D eigenvalue weighted by molar-refractivity contribution is 5.70. The molecule has 6 fully saturated rings. The zero-order chi connectivity index (χ0) is 22.7. The van der Waals surface area contributed by atoms with Gasteiger partial charge in [-0.15, -0.1) is 0 Å². The molecule has 6 saturated heterocycles. The van der Waals surface area contributed by atoms with Crippen molar-refractivity contribution in [2.75, 3.05) is 52.9 Å². The fraction of sp³-hybridized carbons (Fsp3) is 0.909. The van der Waals surface area contributed by atoms with Crippen molar-refractivity contribution >= 4 is 11.9 Å². The van der Waals surface area contributed by atoms with Gasteiger partial charge in [0.05, 0.1) is 39.6 Å². The molecule has 0 spiro atoms. The first kappa shape index (κ1) is 23.8. The van der Waals surface area contributed by atoms with Crippen LogP contribution in [0.2, 0.25) is 0 Å². The summed E-state index contributed by atoms with van der Waals surface area (Å²) in [5, 5.41) is 0. The van der Waals surface area contributed by atoms with Gasteiger partial charge in [0.15, 0.2) is 13.2 Å². The Morgan fingerprint density at radius 3 is 1.22 bits per heavy atom. The maximum Gasteiger partial charge on any atom is 0.319 e. The molecule has 0 N–H and O–H groups in total. The molecule has 6 aliphatic rings. The molecule has 6 aliphatic heterocycles. The number of hydrogen-bond donors (Lipinski definition) is 0. The van der Waals surface area contributed by atoms with E-state index in [-0.39, 0.29) is 48.8 Å². The molecule has 0 atom stereocenters. The van der Waals surface area contributed by atoms with Crippen LogP contribution in [-0.4, -0.2) is 76.7 Å². The molecule has 4 bridgehead atoms. The monoisotopic (exact) mass is 458 g/mol. The van der Waals surface area contributed by atoms with E-state index >= 15 is 0 Å². The number of carbonyl (C=O) groups is 2. The summed E-state index contributed by atoms with van der Waals surface area (Å²) in [5.41, 5.74) is -0.198. The van der Waals surface area contributed by atoms with Gasteiger partial charge in [-0.2, -0.15) is 0 Å². The number of esters is 2. The lowest BCUT2D eigenvalue weighted by atomic mass is 9.86. The molecule has 0 aromatic carbocycles. The Morgan fingerprint density at radius 1 is 0.625 bits per heavy atom. The Morgan fingerprint density at radius 2 is 0.938 bits per heavy atom. The van der Waals surface area contributed by atoms with Gasteiger partial charge in [0.1, 0.15) is 0 Å². The molecule has 0 aliphatic carbocycles. The van der Waals surface area contributed by atoms with Gasteiger partial charge in [0.2, 0.25) is 0 Å². The molecule has 0 radical (unpaired) electrons. The number of ether oxygens (including phenoxy) is 8. The topological polar surface area (TPSA) is 108 Å². The average Bonchev–Trinajstić information content (AvgIpc) is 2.86. The first-order valence-electron chi connectivity index (χ1n) is 11.5. The molecule has 6 heterocycles. The van der Waals surface area contributed by atoms with Crippen LogP contribution in [0.1, 0.15) is 52.4 Å². The van der Waals surface area contributed by atoms with E-state index in [9.17, 15) is 9.59 Å². The summed E-state index contributed by atoms with van der Waals surface area (Å²) in [5.74, 6) is -3.34. The molecule has 0 unspecified atom stereocenters. The first-order chi connectivity index (χ1) is 15.4. The number of carbonyl (C=O) groups excluding carboxylic acids is 2. The van der Waals surface area contributed by atoms with Crippen molar-refractivity contribution in [2.45, 2.75) is 64.3 Å². The molecule has 10 nitrogen and oxygen atoms in total. The quantitative estimate of drug-likeness (QED) is 0.336. The fourth-order valence-electron chi connectivity index (χ4n) is 3.96. The van der Waals surface area contributed by atoms with Crippen molar-refractivity contribution < 1.29 is 47.5 Å². The van der Waals surface area contributed by atoms with Crippen LogP contribution in [-0.2, 0) is 47.5 Å². The second-order valence-electron chi connectivity index (χ2n) is 9.33. The number of fused-ring (bicyclic) bond motifs is 6. The maximum absolute atomic E-state index is 12.0. The lowest BCUT2D eigenvalue weighted by Crippen LogP contribution is -2.61. The normalized spacial score (nSPS) is 37.9. The summed E-state index contributed by atoms with van der Waals surface area (Å²) in [6.45, 7) is 7.13. The Labute approximate surface area is 188 Å². The molecule has 0 saturated carbocycles. The summed E-state index contributed by atoms with van der Waals surface area (Å²) in [6.07, 6.45) is 3.16. The van der Waals surface area contributed by atoms with Gasteiger partial charge >= 0.3 is 23.9 Å². The summed E-state index contributed by atoms with van der Waals surface area (Å²) in [7, 11) is 0. The van der Waals surface area contributed by atoms with E-state index in [0.29, 0.717) is 52.5 Å². The second-order valence-corrected chi connectivity index (χ2v) is 9.33. The molecular weight excluding hydrogens is 424 g/mol. The highest BCUT2D eigenvalue weighted by atomic mass is 16.9. The van der Waals surface area contributed by atoms with Crippen molar-refractivity contribution in [3.8, 4) is 0 Å². The highest BCUT2D eigenvalue weighted by Gasteiger charge is 2.53. The highest BCUT2D eigenvalue weighted by Crippen LogP contribution is 2.41. The minimum absolute atomic E-state index is 0.0988. The van der Waals surface area contributed by atoms with Crippen LogP contribution >= 0.6 is 0 Å². The van der Waals surface area contributed by atoms with Gasteiger partial charge in [-0.25, -0.2) is 0 Å².